The summed E-state index contributed by atoms with van der Waals surface area (Å²) in [4.78, 5) is 0.977. The molecule has 1 aromatic carbocycles. The van der Waals surface area contributed by atoms with Crippen molar-refractivity contribution in [2.24, 2.45) is 0 Å². The lowest BCUT2D eigenvalue weighted by Crippen LogP contribution is -2.18. The molecular formula is C12H8Br2F3NOS. The van der Waals surface area contributed by atoms with Gasteiger partial charge in [0, 0.05) is 15.9 Å². The molecule has 1 heterocycles. The average Bonchev–Trinajstić information content (AvgIpc) is 2.66. The fourth-order valence-electron chi connectivity index (χ4n) is 1.49. The van der Waals surface area contributed by atoms with E-state index in [4.69, 9.17) is 0 Å². The third-order valence-electron chi connectivity index (χ3n) is 2.26. The number of para-hydroxylation sites is 2. The van der Waals surface area contributed by atoms with Crippen LogP contribution in [-0.4, -0.2) is 6.36 Å². The van der Waals surface area contributed by atoms with Gasteiger partial charge in [0.1, 0.15) is 0 Å². The molecule has 0 amide bonds. The van der Waals surface area contributed by atoms with Gasteiger partial charge >= 0.3 is 6.36 Å². The van der Waals surface area contributed by atoms with Gasteiger partial charge in [-0.3, -0.25) is 0 Å². The molecule has 0 aliphatic rings. The van der Waals surface area contributed by atoms with Gasteiger partial charge in [-0.2, -0.15) is 0 Å². The van der Waals surface area contributed by atoms with E-state index in [1.54, 1.807) is 12.1 Å². The molecule has 0 bridgehead atoms. The minimum atomic E-state index is -4.70. The van der Waals surface area contributed by atoms with Gasteiger partial charge in [-0.05, 0) is 50.1 Å². The van der Waals surface area contributed by atoms with Crippen LogP contribution in [0.2, 0.25) is 0 Å². The molecule has 1 N–H and O–H groups in total. The zero-order valence-corrected chi connectivity index (χ0v) is 13.8. The summed E-state index contributed by atoms with van der Waals surface area (Å²) in [5.41, 5.74) is 0.297. The van der Waals surface area contributed by atoms with Gasteiger partial charge in [0.25, 0.3) is 0 Å². The van der Waals surface area contributed by atoms with E-state index in [1.165, 1.54) is 23.5 Å². The molecule has 2 rings (SSSR count). The van der Waals surface area contributed by atoms with E-state index in [0.717, 1.165) is 13.1 Å². The van der Waals surface area contributed by atoms with Crippen molar-refractivity contribution < 1.29 is 17.9 Å². The van der Waals surface area contributed by atoms with Crippen molar-refractivity contribution in [3.63, 3.8) is 0 Å². The van der Waals surface area contributed by atoms with Crippen LogP contribution >= 0.6 is 43.2 Å². The summed E-state index contributed by atoms with van der Waals surface area (Å²) >= 11 is 8.22. The van der Waals surface area contributed by atoms with Crippen molar-refractivity contribution in [1.29, 1.82) is 0 Å². The van der Waals surface area contributed by atoms with Crippen LogP contribution in [0.15, 0.2) is 38.6 Å². The molecule has 0 radical (unpaired) electrons. The largest absolute Gasteiger partial charge is 0.573 e. The average molecular weight is 431 g/mol. The van der Waals surface area contributed by atoms with Gasteiger partial charge < -0.3 is 10.1 Å². The number of benzene rings is 1. The molecule has 0 atom stereocenters. The molecule has 0 saturated heterocycles. The van der Waals surface area contributed by atoms with E-state index >= 15 is 0 Å². The predicted molar refractivity (Wildman–Crippen MR) is 80.2 cm³/mol. The van der Waals surface area contributed by atoms with Crippen LogP contribution in [-0.2, 0) is 6.54 Å². The molecule has 8 heteroatoms. The maximum Gasteiger partial charge on any atom is 0.573 e. The van der Waals surface area contributed by atoms with Crippen LogP contribution in [0.25, 0.3) is 0 Å². The Labute approximate surface area is 134 Å². The third-order valence-corrected chi connectivity index (χ3v) is 5.52. The van der Waals surface area contributed by atoms with Gasteiger partial charge in [-0.25, -0.2) is 0 Å². The van der Waals surface area contributed by atoms with E-state index < -0.39 is 6.36 Å². The third kappa shape index (κ3) is 4.39. The summed E-state index contributed by atoms with van der Waals surface area (Å²) in [6.07, 6.45) is -4.70. The van der Waals surface area contributed by atoms with E-state index in [0.29, 0.717) is 12.2 Å². The monoisotopic (exact) mass is 429 g/mol. The summed E-state index contributed by atoms with van der Waals surface area (Å²) in [6, 6.07) is 7.85. The molecule has 20 heavy (non-hydrogen) atoms. The van der Waals surface area contributed by atoms with E-state index in [1.807, 2.05) is 6.07 Å². The second-order valence-electron chi connectivity index (χ2n) is 3.73. The molecule has 0 aliphatic carbocycles. The summed E-state index contributed by atoms with van der Waals surface area (Å²) in [6.45, 7) is 0.410. The molecule has 2 aromatic rings. The predicted octanol–water partition coefficient (Wildman–Crippen LogP) is 5.78. The highest BCUT2D eigenvalue weighted by atomic mass is 79.9. The number of rotatable bonds is 4. The summed E-state index contributed by atoms with van der Waals surface area (Å²) < 4.78 is 42.7. The van der Waals surface area contributed by atoms with Crippen molar-refractivity contribution >= 4 is 48.9 Å². The van der Waals surface area contributed by atoms with Crippen molar-refractivity contribution in [3.05, 3.63) is 43.5 Å². The number of thiophene rings is 1. The highest BCUT2D eigenvalue weighted by molar-refractivity contribution is 9.13. The van der Waals surface area contributed by atoms with Crippen LogP contribution in [0, 0.1) is 0 Å². The fourth-order valence-corrected chi connectivity index (χ4v) is 3.60. The number of ether oxygens (including phenoxy) is 1. The molecule has 2 nitrogen and oxygen atoms in total. The Morgan fingerprint density at radius 3 is 2.50 bits per heavy atom. The molecule has 0 spiro atoms. The lowest BCUT2D eigenvalue weighted by Gasteiger charge is -2.14. The molecule has 0 unspecified atom stereocenters. The standard InChI is InChI=1S/C12H8Br2F3NOS/c13-8-5-7(20-11(8)14)6-18-9-3-1-2-4-10(9)19-12(15,16)17/h1-5,18H,6H2. The van der Waals surface area contributed by atoms with Gasteiger partial charge in [-0.1, -0.05) is 12.1 Å². The first-order valence-corrected chi connectivity index (χ1v) is 7.78. The van der Waals surface area contributed by atoms with E-state index in [9.17, 15) is 13.2 Å². The zero-order chi connectivity index (χ0) is 14.8. The minimum Gasteiger partial charge on any atom is -0.404 e. The normalized spacial score (nSPS) is 11.4. The number of alkyl halides is 3. The smallest absolute Gasteiger partial charge is 0.404 e. The number of nitrogens with one attached hydrogen (secondary N) is 1. The number of hydrogen-bond donors (Lipinski definition) is 1. The Balaban J connectivity index is 2.09. The fraction of sp³-hybridized carbons (Fsp3) is 0.167. The molecule has 1 aromatic heterocycles. The quantitative estimate of drug-likeness (QED) is 0.663. The van der Waals surface area contributed by atoms with Crippen LogP contribution < -0.4 is 10.1 Å². The Kier molecular flexibility index (Phi) is 4.98. The topological polar surface area (TPSA) is 21.3 Å². The van der Waals surface area contributed by atoms with Crippen molar-refractivity contribution in [3.8, 4) is 5.75 Å². The molecule has 0 aliphatic heterocycles. The van der Waals surface area contributed by atoms with Gasteiger partial charge in [0.2, 0.25) is 0 Å². The van der Waals surface area contributed by atoms with Crippen LogP contribution in [0.3, 0.4) is 0 Å². The first-order valence-electron chi connectivity index (χ1n) is 5.37. The van der Waals surface area contributed by atoms with Crippen molar-refractivity contribution in [1.82, 2.24) is 0 Å². The Morgan fingerprint density at radius 2 is 1.90 bits per heavy atom. The number of anilines is 1. The van der Waals surface area contributed by atoms with Crippen LogP contribution in [0.5, 0.6) is 5.75 Å². The molecule has 0 fully saturated rings. The number of hydrogen-bond acceptors (Lipinski definition) is 3. The first kappa shape index (κ1) is 15.7. The first-order chi connectivity index (χ1) is 9.35. The van der Waals surface area contributed by atoms with E-state index in [2.05, 4.69) is 41.9 Å². The molecular weight excluding hydrogens is 423 g/mol. The highest BCUT2D eigenvalue weighted by Gasteiger charge is 2.32. The lowest BCUT2D eigenvalue weighted by molar-refractivity contribution is -0.274. The van der Waals surface area contributed by atoms with E-state index in [-0.39, 0.29) is 5.75 Å². The van der Waals surface area contributed by atoms with Crippen molar-refractivity contribution in [2.75, 3.05) is 5.32 Å². The molecule has 0 saturated carbocycles. The minimum absolute atomic E-state index is 0.241. The molecule has 108 valence electrons. The second kappa shape index (κ2) is 6.36. The second-order valence-corrected chi connectivity index (χ2v) is 7.04. The maximum absolute atomic E-state index is 12.3. The highest BCUT2D eigenvalue weighted by Crippen LogP contribution is 2.34. The lowest BCUT2D eigenvalue weighted by atomic mass is 10.3. The zero-order valence-electron chi connectivity index (χ0n) is 9.80. The Bertz CT molecular complexity index is 581. The van der Waals surface area contributed by atoms with Crippen LogP contribution in [0.1, 0.15) is 4.88 Å². The van der Waals surface area contributed by atoms with Gasteiger partial charge in [0.15, 0.2) is 5.75 Å². The van der Waals surface area contributed by atoms with Crippen LogP contribution in [0.4, 0.5) is 18.9 Å². The van der Waals surface area contributed by atoms with Gasteiger partial charge in [-0.15, -0.1) is 24.5 Å². The van der Waals surface area contributed by atoms with Crippen molar-refractivity contribution in [2.45, 2.75) is 12.9 Å². The maximum atomic E-state index is 12.3. The number of halogens is 5. The summed E-state index contributed by atoms with van der Waals surface area (Å²) in [5, 5.41) is 2.94. The summed E-state index contributed by atoms with van der Waals surface area (Å²) in [7, 11) is 0. The summed E-state index contributed by atoms with van der Waals surface area (Å²) in [5.74, 6) is -0.241. The Hall–Kier alpha value is -0.730. The van der Waals surface area contributed by atoms with Gasteiger partial charge in [0.05, 0.1) is 9.47 Å². The SMILES string of the molecule is FC(F)(F)Oc1ccccc1NCc1cc(Br)c(Br)s1. The Morgan fingerprint density at radius 1 is 1.20 bits per heavy atom.